The van der Waals surface area contributed by atoms with Crippen molar-refractivity contribution in [2.24, 2.45) is 7.05 Å². The second-order valence-electron chi connectivity index (χ2n) is 7.25. The second kappa shape index (κ2) is 6.57. The van der Waals surface area contributed by atoms with Crippen LogP contribution in [0.2, 0.25) is 0 Å². The lowest BCUT2D eigenvalue weighted by molar-refractivity contribution is 0.180. The average Bonchev–Trinajstić information content (AvgIpc) is 2.96. The van der Waals surface area contributed by atoms with Crippen molar-refractivity contribution < 1.29 is 5.11 Å². The zero-order chi connectivity index (χ0) is 17.4. The molecule has 1 fully saturated rings. The van der Waals surface area contributed by atoms with Gasteiger partial charge in [0.05, 0.1) is 6.04 Å². The highest BCUT2D eigenvalue weighted by atomic mass is 16.3. The van der Waals surface area contributed by atoms with Crippen molar-refractivity contribution >= 4 is 10.9 Å². The summed E-state index contributed by atoms with van der Waals surface area (Å²) in [4.78, 5) is 2.53. The molecule has 0 amide bonds. The van der Waals surface area contributed by atoms with Crippen LogP contribution < -0.4 is 0 Å². The number of aromatic hydroxyl groups is 1. The molecule has 0 aliphatic carbocycles. The third kappa shape index (κ3) is 2.93. The Bertz CT molecular complexity index is 890. The van der Waals surface area contributed by atoms with E-state index in [0.717, 1.165) is 18.7 Å². The molecule has 0 bridgehead atoms. The smallest absolute Gasteiger partial charge is 0.120 e. The Morgan fingerprint density at radius 3 is 2.48 bits per heavy atom. The van der Waals surface area contributed by atoms with Gasteiger partial charge in [0.25, 0.3) is 0 Å². The third-order valence-corrected chi connectivity index (χ3v) is 5.50. The molecular formula is C22H26N2O. The molecule has 1 saturated heterocycles. The van der Waals surface area contributed by atoms with E-state index < -0.39 is 0 Å². The van der Waals surface area contributed by atoms with Crippen molar-refractivity contribution in [1.82, 2.24) is 9.47 Å². The molecule has 3 nitrogen and oxygen atoms in total. The topological polar surface area (TPSA) is 28.4 Å². The number of aryl methyl sites for hydroxylation is 2. The highest BCUT2D eigenvalue weighted by Crippen LogP contribution is 2.38. The number of rotatable bonds is 3. The lowest BCUT2D eigenvalue weighted by Gasteiger charge is -2.35. The van der Waals surface area contributed by atoms with Crippen molar-refractivity contribution in [3.05, 3.63) is 65.4 Å². The van der Waals surface area contributed by atoms with E-state index in [2.05, 4.69) is 59.8 Å². The van der Waals surface area contributed by atoms with Crippen molar-refractivity contribution in [3.63, 3.8) is 0 Å². The number of piperidine rings is 1. The molecule has 0 saturated carbocycles. The van der Waals surface area contributed by atoms with E-state index in [0.29, 0.717) is 5.75 Å². The summed E-state index contributed by atoms with van der Waals surface area (Å²) in [5, 5.41) is 11.9. The molecule has 1 unspecified atom stereocenters. The number of benzene rings is 2. The van der Waals surface area contributed by atoms with Gasteiger partial charge >= 0.3 is 0 Å². The monoisotopic (exact) mass is 334 g/mol. The summed E-state index contributed by atoms with van der Waals surface area (Å²) in [6.45, 7) is 4.26. The molecule has 2 aromatic carbocycles. The molecule has 0 radical (unpaired) electrons. The van der Waals surface area contributed by atoms with Gasteiger partial charge in [0.1, 0.15) is 5.75 Å². The zero-order valence-electron chi connectivity index (χ0n) is 15.1. The molecule has 1 aliphatic heterocycles. The van der Waals surface area contributed by atoms with E-state index >= 15 is 0 Å². The van der Waals surface area contributed by atoms with Crippen LogP contribution in [0.4, 0.5) is 0 Å². The first-order chi connectivity index (χ1) is 12.1. The normalized spacial score (nSPS) is 17.0. The molecule has 4 rings (SSSR count). The molecule has 130 valence electrons. The second-order valence-corrected chi connectivity index (χ2v) is 7.25. The Hall–Kier alpha value is -2.26. The lowest BCUT2D eigenvalue weighted by Crippen LogP contribution is -2.35. The van der Waals surface area contributed by atoms with E-state index in [4.69, 9.17) is 0 Å². The number of likely N-dealkylation sites (tertiary alicyclic amines) is 1. The SMILES string of the molecule is Cc1ccc(O)c(C(c2cc3ccccc3n2C)N2CCCCC2)c1. The maximum atomic E-state index is 10.6. The van der Waals surface area contributed by atoms with Crippen molar-refractivity contribution in [1.29, 1.82) is 0 Å². The number of nitrogens with zero attached hydrogens (tertiary/aromatic N) is 2. The molecule has 3 heteroatoms. The van der Waals surface area contributed by atoms with Crippen LogP contribution in [0.5, 0.6) is 5.75 Å². The van der Waals surface area contributed by atoms with E-state index in [-0.39, 0.29) is 6.04 Å². The van der Waals surface area contributed by atoms with Crippen LogP contribution in [0.3, 0.4) is 0 Å². The van der Waals surface area contributed by atoms with Crippen LogP contribution >= 0.6 is 0 Å². The van der Waals surface area contributed by atoms with Gasteiger partial charge in [-0.3, -0.25) is 4.90 Å². The molecule has 0 spiro atoms. The van der Waals surface area contributed by atoms with Gasteiger partial charge in [-0.05, 0) is 56.4 Å². The number of hydrogen-bond acceptors (Lipinski definition) is 2. The van der Waals surface area contributed by atoms with Crippen LogP contribution in [0.1, 0.15) is 42.1 Å². The summed E-state index contributed by atoms with van der Waals surface area (Å²) in [6, 6.07) is 16.9. The zero-order valence-corrected chi connectivity index (χ0v) is 15.1. The first kappa shape index (κ1) is 16.2. The lowest BCUT2D eigenvalue weighted by atomic mass is 9.96. The van der Waals surface area contributed by atoms with Crippen LogP contribution in [-0.4, -0.2) is 27.7 Å². The molecule has 3 aromatic rings. The molecule has 2 heterocycles. The van der Waals surface area contributed by atoms with Crippen LogP contribution in [0.25, 0.3) is 10.9 Å². The largest absolute Gasteiger partial charge is 0.508 e. The van der Waals surface area contributed by atoms with Gasteiger partial charge in [0, 0.05) is 23.8 Å². The number of phenols is 1. The van der Waals surface area contributed by atoms with Crippen molar-refractivity contribution in [3.8, 4) is 5.75 Å². The number of hydrogen-bond donors (Lipinski definition) is 1. The van der Waals surface area contributed by atoms with Crippen molar-refractivity contribution in [2.75, 3.05) is 13.1 Å². The number of phenolic OH excluding ortho intramolecular Hbond substituents is 1. The minimum atomic E-state index is 0.0950. The fourth-order valence-corrected chi connectivity index (χ4v) is 4.19. The Morgan fingerprint density at radius 2 is 1.72 bits per heavy atom. The first-order valence-electron chi connectivity index (χ1n) is 9.23. The third-order valence-electron chi connectivity index (χ3n) is 5.50. The predicted octanol–water partition coefficient (Wildman–Crippen LogP) is 4.77. The Balaban J connectivity index is 1.90. The maximum absolute atomic E-state index is 10.6. The summed E-state index contributed by atoms with van der Waals surface area (Å²) in [5.41, 5.74) is 4.71. The first-order valence-corrected chi connectivity index (χ1v) is 9.23. The Kier molecular flexibility index (Phi) is 4.26. The molecule has 1 aromatic heterocycles. The van der Waals surface area contributed by atoms with E-state index in [1.54, 1.807) is 0 Å². The summed E-state index contributed by atoms with van der Waals surface area (Å²) >= 11 is 0. The molecular weight excluding hydrogens is 308 g/mol. The Labute approximate surface area is 149 Å². The fraction of sp³-hybridized carbons (Fsp3) is 0.364. The van der Waals surface area contributed by atoms with Crippen LogP contribution in [0, 0.1) is 6.92 Å². The number of para-hydroxylation sites is 1. The van der Waals surface area contributed by atoms with Crippen molar-refractivity contribution in [2.45, 2.75) is 32.2 Å². The highest BCUT2D eigenvalue weighted by Gasteiger charge is 2.28. The summed E-state index contributed by atoms with van der Waals surface area (Å²) in [6.07, 6.45) is 3.76. The van der Waals surface area contributed by atoms with E-state index in [1.165, 1.54) is 41.4 Å². The van der Waals surface area contributed by atoms with Gasteiger partial charge in [-0.2, -0.15) is 0 Å². The van der Waals surface area contributed by atoms with E-state index in [9.17, 15) is 5.11 Å². The maximum Gasteiger partial charge on any atom is 0.120 e. The summed E-state index contributed by atoms with van der Waals surface area (Å²) in [7, 11) is 2.14. The van der Waals surface area contributed by atoms with Gasteiger partial charge in [0.2, 0.25) is 0 Å². The molecule has 25 heavy (non-hydrogen) atoms. The Morgan fingerprint density at radius 1 is 0.960 bits per heavy atom. The van der Waals surface area contributed by atoms with Crippen LogP contribution in [0.15, 0.2) is 48.5 Å². The number of aromatic nitrogens is 1. The molecule has 1 N–H and O–H groups in total. The summed E-state index contributed by atoms with van der Waals surface area (Å²) < 4.78 is 2.29. The van der Waals surface area contributed by atoms with Gasteiger partial charge in [-0.15, -0.1) is 0 Å². The molecule has 1 atom stereocenters. The van der Waals surface area contributed by atoms with Gasteiger partial charge < -0.3 is 9.67 Å². The average molecular weight is 334 g/mol. The quantitative estimate of drug-likeness (QED) is 0.747. The fourth-order valence-electron chi connectivity index (χ4n) is 4.19. The van der Waals surface area contributed by atoms with Gasteiger partial charge in [0.15, 0.2) is 0 Å². The predicted molar refractivity (Wildman–Crippen MR) is 103 cm³/mol. The number of fused-ring (bicyclic) bond motifs is 1. The van der Waals surface area contributed by atoms with Crippen LogP contribution in [-0.2, 0) is 7.05 Å². The standard InChI is InChI=1S/C22H26N2O/c1-16-10-11-21(25)18(14-16)22(24-12-6-3-7-13-24)20-15-17-8-4-5-9-19(17)23(20)2/h4-5,8-11,14-15,22,25H,3,6-7,12-13H2,1-2H3. The molecule has 1 aliphatic rings. The minimum absolute atomic E-state index is 0.0950. The highest BCUT2D eigenvalue weighted by molar-refractivity contribution is 5.81. The van der Waals surface area contributed by atoms with E-state index in [1.807, 2.05) is 12.1 Å². The van der Waals surface area contributed by atoms with Gasteiger partial charge in [-0.1, -0.05) is 42.3 Å². The minimum Gasteiger partial charge on any atom is -0.508 e. The van der Waals surface area contributed by atoms with Gasteiger partial charge in [-0.25, -0.2) is 0 Å². The summed E-state index contributed by atoms with van der Waals surface area (Å²) in [5.74, 6) is 0.395.